The fourth-order valence-corrected chi connectivity index (χ4v) is 1.22. The van der Waals surface area contributed by atoms with Crippen LogP contribution < -0.4 is 11.1 Å². The second kappa shape index (κ2) is 3.98. The molecule has 1 rings (SSSR count). The maximum absolute atomic E-state index is 11.4. The molecule has 0 spiro atoms. The van der Waals surface area contributed by atoms with E-state index >= 15 is 0 Å². The quantitative estimate of drug-likeness (QED) is 0.710. The molecule has 1 amide bonds. The van der Waals surface area contributed by atoms with Crippen molar-refractivity contribution in [2.75, 3.05) is 13.2 Å². The molecule has 0 aromatic carbocycles. The van der Waals surface area contributed by atoms with Gasteiger partial charge in [0.05, 0.1) is 24.8 Å². The second-order valence-electron chi connectivity index (χ2n) is 5.09. The van der Waals surface area contributed by atoms with Gasteiger partial charge in [0.15, 0.2) is 0 Å². The van der Waals surface area contributed by atoms with Crippen LogP contribution in [0.15, 0.2) is 0 Å². The highest BCUT2D eigenvalue weighted by Gasteiger charge is 2.40. The highest BCUT2D eigenvalue weighted by atomic mass is 16.6. The van der Waals surface area contributed by atoms with Crippen LogP contribution in [0.3, 0.4) is 0 Å². The minimum atomic E-state index is -0.484. The van der Waals surface area contributed by atoms with Crippen LogP contribution >= 0.6 is 0 Å². The first-order valence-corrected chi connectivity index (χ1v) is 5.09. The van der Waals surface area contributed by atoms with Crippen molar-refractivity contribution in [3.63, 3.8) is 0 Å². The molecule has 88 valence electrons. The fourth-order valence-electron chi connectivity index (χ4n) is 1.22. The molecular formula is C10H20N2O3. The van der Waals surface area contributed by atoms with E-state index in [2.05, 4.69) is 5.32 Å². The molecule has 0 aromatic heterocycles. The summed E-state index contributed by atoms with van der Waals surface area (Å²) in [4.78, 5) is 11.4. The van der Waals surface area contributed by atoms with Crippen molar-refractivity contribution in [1.29, 1.82) is 0 Å². The number of hydrogen-bond donors (Lipinski definition) is 2. The largest absolute Gasteiger partial charge is 0.444 e. The molecule has 0 aromatic rings. The van der Waals surface area contributed by atoms with Gasteiger partial charge in [-0.2, -0.15) is 0 Å². The van der Waals surface area contributed by atoms with Crippen LogP contribution in [0.5, 0.6) is 0 Å². The van der Waals surface area contributed by atoms with Gasteiger partial charge in [-0.05, 0) is 27.7 Å². The fraction of sp³-hybridized carbons (Fsp3) is 0.900. The zero-order valence-corrected chi connectivity index (χ0v) is 9.79. The van der Waals surface area contributed by atoms with Gasteiger partial charge >= 0.3 is 6.09 Å². The molecular weight excluding hydrogens is 196 g/mol. The minimum absolute atomic E-state index is 0.152. The number of nitrogens with two attached hydrogens (primary N) is 1. The van der Waals surface area contributed by atoms with E-state index in [1.54, 1.807) is 0 Å². The van der Waals surface area contributed by atoms with Crippen LogP contribution in [-0.2, 0) is 9.47 Å². The van der Waals surface area contributed by atoms with E-state index in [4.69, 9.17) is 15.2 Å². The number of hydrogen-bond acceptors (Lipinski definition) is 4. The monoisotopic (exact) mass is 216 g/mol. The number of rotatable bonds is 2. The molecule has 1 fully saturated rings. The van der Waals surface area contributed by atoms with Crippen molar-refractivity contribution in [2.45, 2.75) is 44.9 Å². The first-order valence-electron chi connectivity index (χ1n) is 5.09. The summed E-state index contributed by atoms with van der Waals surface area (Å²) in [6.07, 6.45) is -0.438. The molecule has 1 atom stereocenters. The van der Waals surface area contributed by atoms with E-state index in [1.165, 1.54) is 0 Å². The number of ether oxygens (including phenoxy) is 2. The van der Waals surface area contributed by atoms with E-state index in [0.29, 0.717) is 13.2 Å². The molecule has 5 nitrogen and oxygen atoms in total. The van der Waals surface area contributed by atoms with Gasteiger partial charge in [0, 0.05) is 0 Å². The molecule has 0 unspecified atom stereocenters. The van der Waals surface area contributed by atoms with Gasteiger partial charge in [-0.3, -0.25) is 0 Å². The van der Waals surface area contributed by atoms with Crippen molar-refractivity contribution in [3.8, 4) is 0 Å². The summed E-state index contributed by atoms with van der Waals surface area (Å²) < 4.78 is 10.2. The number of nitrogens with one attached hydrogen (secondary N) is 1. The van der Waals surface area contributed by atoms with Gasteiger partial charge in [0.25, 0.3) is 0 Å². The van der Waals surface area contributed by atoms with Crippen LogP contribution in [-0.4, -0.2) is 36.5 Å². The number of carbonyl (C=O) groups is 1. The lowest BCUT2D eigenvalue weighted by atomic mass is 9.90. The van der Waals surface area contributed by atoms with Crippen LogP contribution in [0.2, 0.25) is 0 Å². The van der Waals surface area contributed by atoms with Gasteiger partial charge in [-0.15, -0.1) is 0 Å². The average molecular weight is 216 g/mol. The van der Waals surface area contributed by atoms with Gasteiger partial charge in [-0.25, -0.2) is 4.79 Å². The first kappa shape index (κ1) is 12.3. The third kappa shape index (κ3) is 3.35. The third-order valence-corrected chi connectivity index (χ3v) is 2.34. The maximum Gasteiger partial charge on any atom is 0.407 e. The summed E-state index contributed by atoms with van der Waals surface area (Å²) in [5.41, 5.74) is 5.03. The minimum Gasteiger partial charge on any atom is -0.444 e. The average Bonchev–Trinajstić information content (AvgIpc) is 1.95. The van der Waals surface area contributed by atoms with Gasteiger partial charge in [0.1, 0.15) is 5.60 Å². The zero-order valence-electron chi connectivity index (χ0n) is 9.79. The molecule has 1 aliphatic heterocycles. The van der Waals surface area contributed by atoms with E-state index in [-0.39, 0.29) is 6.04 Å². The van der Waals surface area contributed by atoms with Crippen LogP contribution in [0.4, 0.5) is 4.79 Å². The highest BCUT2D eigenvalue weighted by Crippen LogP contribution is 2.18. The van der Waals surface area contributed by atoms with Crippen LogP contribution in [0.25, 0.3) is 0 Å². The Hall–Kier alpha value is -0.810. The lowest BCUT2D eigenvalue weighted by Gasteiger charge is -2.42. The predicted octanol–water partition coefficient (Wildman–Crippen LogP) is 0.627. The molecule has 1 aliphatic rings. The van der Waals surface area contributed by atoms with Crippen molar-refractivity contribution in [1.82, 2.24) is 5.32 Å². The Morgan fingerprint density at radius 1 is 1.53 bits per heavy atom. The number of amides is 1. The van der Waals surface area contributed by atoms with E-state index in [9.17, 15) is 4.79 Å². The molecule has 0 bridgehead atoms. The summed E-state index contributed by atoms with van der Waals surface area (Å²) in [5, 5.41) is 2.71. The van der Waals surface area contributed by atoms with Gasteiger partial charge in [0.2, 0.25) is 0 Å². The first-order chi connectivity index (χ1) is 6.73. The van der Waals surface area contributed by atoms with Crippen LogP contribution in [0, 0.1) is 0 Å². The Morgan fingerprint density at radius 3 is 2.40 bits per heavy atom. The molecule has 1 heterocycles. The summed E-state index contributed by atoms with van der Waals surface area (Å²) in [7, 11) is 0. The second-order valence-corrected chi connectivity index (χ2v) is 5.09. The lowest BCUT2D eigenvalue weighted by molar-refractivity contribution is -0.0690. The van der Waals surface area contributed by atoms with E-state index in [1.807, 2.05) is 27.7 Å². The highest BCUT2D eigenvalue weighted by molar-refractivity contribution is 5.68. The summed E-state index contributed by atoms with van der Waals surface area (Å²) in [6.45, 7) is 8.27. The van der Waals surface area contributed by atoms with E-state index in [0.717, 1.165) is 0 Å². The zero-order chi connectivity index (χ0) is 11.7. The topological polar surface area (TPSA) is 73.6 Å². The Morgan fingerprint density at radius 2 is 2.07 bits per heavy atom. The molecule has 5 heteroatoms. The van der Waals surface area contributed by atoms with Crippen molar-refractivity contribution >= 4 is 6.09 Å². The third-order valence-electron chi connectivity index (χ3n) is 2.34. The SMILES string of the molecule is C[C@@H](NC(=O)OC(C)(C)C)C1(N)COC1. The van der Waals surface area contributed by atoms with Gasteiger partial charge in [-0.1, -0.05) is 0 Å². The Labute approximate surface area is 90.3 Å². The molecule has 1 saturated heterocycles. The lowest BCUT2D eigenvalue weighted by Crippen LogP contribution is -2.68. The normalized spacial score (nSPS) is 21.4. The summed E-state index contributed by atoms with van der Waals surface area (Å²) in [6, 6.07) is -0.152. The Bertz CT molecular complexity index is 244. The molecule has 0 saturated carbocycles. The maximum atomic E-state index is 11.4. The number of alkyl carbamates (subject to hydrolysis) is 1. The molecule has 0 radical (unpaired) electrons. The molecule has 15 heavy (non-hydrogen) atoms. The van der Waals surface area contributed by atoms with E-state index < -0.39 is 17.2 Å². The Kier molecular flexibility index (Phi) is 3.25. The number of carbonyl (C=O) groups excluding carboxylic acids is 1. The van der Waals surface area contributed by atoms with Crippen LogP contribution in [0.1, 0.15) is 27.7 Å². The molecule has 3 N–H and O–H groups in total. The standard InChI is InChI=1S/C10H20N2O3/c1-7(10(11)5-14-6-10)12-8(13)15-9(2,3)4/h7H,5-6,11H2,1-4H3,(H,12,13)/t7-/m1/s1. The predicted molar refractivity (Wildman–Crippen MR) is 56.6 cm³/mol. The van der Waals surface area contributed by atoms with Crippen molar-refractivity contribution in [3.05, 3.63) is 0 Å². The Balaban J connectivity index is 2.38. The van der Waals surface area contributed by atoms with Gasteiger partial charge < -0.3 is 20.5 Å². The summed E-state index contributed by atoms with van der Waals surface area (Å²) >= 11 is 0. The van der Waals surface area contributed by atoms with Crippen molar-refractivity contribution in [2.24, 2.45) is 5.73 Å². The molecule has 0 aliphatic carbocycles. The smallest absolute Gasteiger partial charge is 0.407 e. The summed E-state index contributed by atoms with van der Waals surface area (Å²) in [5.74, 6) is 0. The van der Waals surface area contributed by atoms with Crippen molar-refractivity contribution < 1.29 is 14.3 Å².